The van der Waals surface area contributed by atoms with Gasteiger partial charge in [0.15, 0.2) is 0 Å². The quantitative estimate of drug-likeness (QED) is 0.415. The van der Waals surface area contributed by atoms with Crippen molar-refractivity contribution < 1.29 is 17.7 Å². The Morgan fingerprint density at radius 3 is 1.75 bits per heavy atom. The Morgan fingerprint density at radius 1 is 0.786 bits per heavy atom. The molecule has 0 aromatic heterocycles. The molecule has 6 nitrogen and oxygen atoms in total. The van der Waals surface area contributed by atoms with Gasteiger partial charge < -0.3 is 29.2 Å². The Balaban J connectivity index is 0.000000576. The normalized spacial score (nSPS) is 11.4. The average Bonchev–Trinajstić information content (AvgIpc) is 2.72. The topological polar surface area (TPSA) is 89.0 Å². The lowest BCUT2D eigenvalue weighted by atomic mass is 10.4. The van der Waals surface area contributed by atoms with E-state index >= 15 is 0 Å². The van der Waals surface area contributed by atoms with Crippen molar-refractivity contribution in [2.75, 3.05) is 39.5 Å². The molecule has 4 N–H and O–H groups in total. The van der Waals surface area contributed by atoms with Crippen molar-refractivity contribution in [3.8, 4) is 0 Å². The molecule has 0 saturated heterocycles. The molecule has 0 aliphatic carbocycles. The van der Waals surface area contributed by atoms with Crippen LogP contribution in [-0.2, 0) is 17.7 Å². The molecule has 1 aromatic carbocycles. The summed E-state index contributed by atoms with van der Waals surface area (Å²) in [6, 6.07) is 12.3. The van der Waals surface area contributed by atoms with Crippen LogP contribution in [0.25, 0.3) is 0 Å². The SMILES string of the molecule is CCO[SiH](CCCN)OCC.CCO[Si](CCCN)(OCC)c1ccccc1. The smallest absolute Gasteiger partial charge is 0.372 e. The summed E-state index contributed by atoms with van der Waals surface area (Å²) >= 11 is 0. The molecular weight excluding hydrogens is 388 g/mol. The van der Waals surface area contributed by atoms with E-state index in [-0.39, 0.29) is 0 Å². The number of rotatable bonds is 15. The minimum absolute atomic E-state index is 0.682. The minimum atomic E-state index is -2.27. The molecule has 0 atom stereocenters. The molecule has 1 aromatic rings. The molecule has 1 rings (SSSR count). The van der Waals surface area contributed by atoms with Crippen LogP contribution in [0.3, 0.4) is 0 Å². The molecule has 0 heterocycles. The van der Waals surface area contributed by atoms with Gasteiger partial charge in [0.1, 0.15) is 0 Å². The number of benzene rings is 1. The van der Waals surface area contributed by atoms with Gasteiger partial charge in [0.2, 0.25) is 0 Å². The van der Waals surface area contributed by atoms with E-state index in [1.807, 2.05) is 45.9 Å². The van der Waals surface area contributed by atoms with E-state index < -0.39 is 17.8 Å². The molecular formula is C20H42N2O4Si2. The summed E-state index contributed by atoms with van der Waals surface area (Å²) in [6.45, 7) is 12.4. The second-order valence-corrected chi connectivity index (χ2v) is 11.4. The van der Waals surface area contributed by atoms with E-state index in [9.17, 15) is 0 Å². The summed E-state index contributed by atoms with van der Waals surface area (Å²) in [4.78, 5) is 0. The maximum absolute atomic E-state index is 6.02. The van der Waals surface area contributed by atoms with Gasteiger partial charge >= 0.3 is 17.8 Å². The fourth-order valence-corrected chi connectivity index (χ4v) is 7.90. The van der Waals surface area contributed by atoms with Crippen LogP contribution in [0.2, 0.25) is 12.1 Å². The molecule has 28 heavy (non-hydrogen) atoms. The summed E-state index contributed by atoms with van der Waals surface area (Å²) in [6.07, 6.45) is 1.97. The van der Waals surface area contributed by atoms with E-state index in [0.717, 1.165) is 44.7 Å². The van der Waals surface area contributed by atoms with Crippen LogP contribution < -0.4 is 16.7 Å². The van der Waals surface area contributed by atoms with Crippen LogP contribution in [-0.4, -0.2) is 57.4 Å². The Labute approximate surface area is 175 Å². The van der Waals surface area contributed by atoms with Crippen LogP contribution >= 0.6 is 0 Å². The lowest BCUT2D eigenvalue weighted by Gasteiger charge is -2.30. The van der Waals surface area contributed by atoms with Crippen LogP contribution in [0, 0.1) is 0 Å². The van der Waals surface area contributed by atoms with Crippen molar-refractivity contribution in [1.82, 2.24) is 0 Å². The summed E-state index contributed by atoms with van der Waals surface area (Å²) in [5, 5.41) is 1.21. The first-order chi connectivity index (χ1) is 13.6. The second-order valence-electron chi connectivity index (χ2n) is 6.15. The monoisotopic (exact) mass is 430 g/mol. The van der Waals surface area contributed by atoms with Gasteiger partial charge in [-0.2, -0.15) is 0 Å². The van der Waals surface area contributed by atoms with Gasteiger partial charge in [-0.25, -0.2) is 0 Å². The van der Waals surface area contributed by atoms with E-state index in [1.54, 1.807) is 0 Å². The van der Waals surface area contributed by atoms with Crippen molar-refractivity contribution in [3.05, 3.63) is 30.3 Å². The first kappa shape index (κ1) is 27.4. The fraction of sp³-hybridized carbons (Fsp3) is 0.700. The van der Waals surface area contributed by atoms with E-state index in [2.05, 4.69) is 12.1 Å². The van der Waals surface area contributed by atoms with Crippen molar-refractivity contribution >= 4 is 23.0 Å². The molecule has 0 bridgehead atoms. The number of hydrogen-bond donors (Lipinski definition) is 2. The van der Waals surface area contributed by atoms with Crippen LogP contribution in [0.4, 0.5) is 0 Å². The van der Waals surface area contributed by atoms with Crippen molar-refractivity contribution in [2.45, 2.75) is 52.6 Å². The Kier molecular flexibility index (Phi) is 18.1. The number of nitrogens with two attached hydrogens (primary N) is 2. The summed E-state index contributed by atoms with van der Waals surface area (Å²) in [5.41, 5.74) is 11.0. The minimum Gasteiger partial charge on any atom is -0.397 e. The van der Waals surface area contributed by atoms with Crippen molar-refractivity contribution in [3.63, 3.8) is 0 Å². The summed E-state index contributed by atoms with van der Waals surface area (Å²) in [7, 11) is -3.60. The van der Waals surface area contributed by atoms with Crippen LogP contribution in [0.15, 0.2) is 30.3 Å². The maximum atomic E-state index is 6.02. The Bertz CT molecular complexity index is 443. The lowest BCUT2D eigenvalue weighted by molar-refractivity contribution is 0.195. The fourth-order valence-electron chi connectivity index (χ4n) is 2.86. The standard InChI is InChI=1S/C13H23NO2Si.C7H19NO2Si/c1-3-15-17(16-4-2,12-8-11-14)13-9-6-5-7-10-13;1-3-9-11(10-4-2)7-5-6-8/h5-7,9-10H,3-4,8,11-12,14H2,1-2H3;11H,3-8H2,1-2H3. The Morgan fingerprint density at radius 2 is 1.32 bits per heavy atom. The zero-order valence-electron chi connectivity index (χ0n) is 18.3. The Hall–Kier alpha value is -0.586. The number of hydrogen-bond acceptors (Lipinski definition) is 6. The summed E-state index contributed by atoms with van der Waals surface area (Å²) in [5.74, 6) is 0. The molecule has 0 saturated carbocycles. The van der Waals surface area contributed by atoms with Gasteiger partial charge in [0.05, 0.1) is 0 Å². The van der Waals surface area contributed by atoms with E-state index in [4.69, 9.17) is 29.2 Å². The highest BCUT2D eigenvalue weighted by Crippen LogP contribution is 2.16. The van der Waals surface area contributed by atoms with Crippen LogP contribution in [0.1, 0.15) is 40.5 Å². The first-order valence-electron chi connectivity index (χ1n) is 10.6. The highest BCUT2D eigenvalue weighted by atomic mass is 28.4. The zero-order chi connectivity index (χ0) is 21.1. The molecule has 0 fully saturated rings. The largest absolute Gasteiger partial charge is 0.397 e. The molecule has 0 unspecified atom stereocenters. The summed E-state index contributed by atoms with van der Waals surface area (Å²) < 4.78 is 22.9. The van der Waals surface area contributed by atoms with E-state index in [1.165, 1.54) is 5.19 Å². The molecule has 0 radical (unpaired) electrons. The second kappa shape index (κ2) is 18.4. The van der Waals surface area contributed by atoms with Crippen molar-refractivity contribution in [1.29, 1.82) is 0 Å². The average molecular weight is 431 g/mol. The molecule has 8 heteroatoms. The van der Waals surface area contributed by atoms with Gasteiger partial charge in [-0.15, -0.1) is 0 Å². The predicted molar refractivity (Wildman–Crippen MR) is 122 cm³/mol. The molecule has 164 valence electrons. The van der Waals surface area contributed by atoms with Crippen LogP contribution in [0.5, 0.6) is 0 Å². The highest BCUT2D eigenvalue weighted by Gasteiger charge is 2.38. The third-order valence-corrected chi connectivity index (χ3v) is 10.1. The lowest BCUT2D eigenvalue weighted by Crippen LogP contribution is -2.54. The van der Waals surface area contributed by atoms with E-state index in [0.29, 0.717) is 19.8 Å². The van der Waals surface area contributed by atoms with Gasteiger partial charge in [-0.05, 0) is 70.9 Å². The van der Waals surface area contributed by atoms with Gasteiger partial charge in [0, 0.05) is 26.4 Å². The predicted octanol–water partition coefficient (Wildman–Crippen LogP) is 2.39. The van der Waals surface area contributed by atoms with Crippen molar-refractivity contribution in [2.24, 2.45) is 11.5 Å². The maximum Gasteiger partial charge on any atom is 0.372 e. The molecule has 0 spiro atoms. The third kappa shape index (κ3) is 11.4. The molecule has 0 amide bonds. The molecule has 0 aliphatic heterocycles. The van der Waals surface area contributed by atoms with Gasteiger partial charge in [-0.3, -0.25) is 0 Å². The molecule has 0 aliphatic rings. The third-order valence-electron chi connectivity index (χ3n) is 4.03. The van der Waals surface area contributed by atoms with Gasteiger partial charge in [-0.1, -0.05) is 30.3 Å². The van der Waals surface area contributed by atoms with Gasteiger partial charge in [0.25, 0.3) is 0 Å². The zero-order valence-corrected chi connectivity index (χ0v) is 20.5. The highest BCUT2D eigenvalue weighted by molar-refractivity contribution is 6.81. The first-order valence-corrected chi connectivity index (χ1v) is 14.4.